The Hall–Kier alpha value is -2.37. The molecule has 1 N–H and O–H groups in total. The quantitative estimate of drug-likeness (QED) is 0.829. The summed E-state index contributed by atoms with van der Waals surface area (Å²) >= 11 is 6.15. The molecule has 3 heterocycles. The predicted octanol–water partition coefficient (Wildman–Crippen LogP) is 2.58. The molecular formula is C17H22ClN7O. The van der Waals surface area contributed by atoms with Crippen LogP contribution in [-0.4, -0.2) is 51.4 Å². The third kappa shape index (κ3) is 3.89. The molecule has 9 heteroatoms. The van der Waals surface area contributed by atoms with E-state index in [1.165, 1.54) is 6.20 Å². The van der Waals surface area contributed by atoms with Gasteiger partial charge in [-0.15, -0.1) is 0 Å². The van der Waals surface area contributed by atoms with Crippen LogP contribution in [0.2, 0.25) is 5.02 Å². The molecule has 1 aliphatic heterocycles. The van der Waals surface area contributed by atoms with Crippen LogP contribution in [0.5, 0.6) is 5.88 Å². The normalized spacial score (nSPS) is 15.4. The third-order valence-electron chi connectivity index (χ3n) is 4.30. The van der Waals surface area contributed by atoms with Crippen LogP contribution in [0.25, 0.3) is 0 Å². The van der Waals surface area contributed by atoms with Gasteiger partial charge in [-0.25, -0.2) is 4.98 Å². The Morgan fingerprint density at radius 3 is 2.85 bits per heavy atom. The molecule has 0 unspecified atom stereocenters. The van der Waals surface area contributed by atoms with Gasteiger partial charge in [-0.05, 0) is 27.8 Å². The number of ether oxygens (including phenoxy) is 1. The Balaban J connectivity index is 1.72. The topological polar surface area (TPSA) is 91.9 Å². The fourth-order valence-corrected chi connectivity index (χ4v) is 2.83. The zero-order valence-electron chi connectivity index (χ0n) is 15.3. The van der Waals surface area contributed by atoms with Gasteiger partial charge >= 0.3 is 0 Å². The van der Waals surface area contributed by atoms with Crippen LogP contribution in [0.3, 0.4) is 0 Å². The molecule has 0 radical (unpaired) electrons. The second kappa shape index (κ2) is 7.09. The van der Waals surface area contributed by atoms with E-state index < -0.39 is 5.54 Å². The first-order valence-electron chi connectivity index (χ1n) is 8.37. The lowest BCUT2D eigenvalue weighted by Gasteiger charge is -2.35. The summed E-state index contributed by atoms with van der Waals surface area (Å²) in [6.07, 6.45) is 3.28. The van der Waals surface area contributed by atoms with Crippen LogP contribution in [0.1, 0.15) is 19.5 Å². The molecule has 1 aliphatic rings. The van der Waals surface area contributed by atoms with Gasteiger partial charge in [0.2, 0.25) is 11.8 Å². The summed E-state index contributed by atoms with van der Waals surface area (Å²) in [5.74, 6) is 1.23. The van der Waals surface area contributed by atoms with Gasteiger partial charge < -0.3 is 15.0 Å². The van der Waals surface area contributed by atoms with Crippen LogP contribution < -0.4 is 10.1 Å². The van der Waals surface area contributed by atoms with Crippen molar-refractivity contribution < 1.29 is 4.74 Å². The van der Waals surface area contributed by atoms with E-state index in [1.807, 2.05) is 6.92 Å². The second-order valence-corrected chi connectivity index (χ2v) is 7.52. The molecule has 0 atom stereocenters. The minimum Gasteiger partial charge on any atom is -0.476 e. The van der Waals surface area contributed by atoms with Gasteiger partial charge in [0.15, 0.2) is 0 Å². The minimum absolute atomic E-state index is 0.362. The van der Waals surface area contributed by atoms with Crippen molar-refractivity contribution in [3.8, 4) is 11.9 Å². The van der Waals surface area contributed by atoms with Crippen molar-refractivity contribution in [2.45, 2.75) is 26.3 Å². The summed E-state index contributed by atoms with van der Waals surface area (Å²) in [7, 11) is 2.08. The highest BCUT2D eigenvalue weighted by atomic mass is 35.5. The van der Waals surface area contributed by atoms with E-state index in [9.17, 15) is 5.26 Å². The van der Waals surface area contributed by atoms with Gasteiger partial charge in [-0.2, -0.15) is 15.3 Å². The van der Waals surface area contributed by atoms with Crippen LogP contribution in [-0.2, 0) is 5.54 Å². The second-order valence-electron chi connectivity index (χ2n) is 7.11. The number of hydrogen-bond donors (Lipinski definition) is 1. The Morgan fingerprint density at radius 1 is 1.46 bits per heavy atom. The number of rotatable bonds is 6. The molecule has 0 spiro atoms. The highest BCUT2D eigenvalue weighted by molar-refractivity contribution is 6.31. The van der Waals surface area contributed by atoms with Crippen molar-refractivity contribution in [1.82, 2.24) is 24.6 Å². The summed E-state index contributed by atoms with van der Waals surface area (Å²) in [4.78, 5) is 10.8. The highest BCUT2D eigenvalue weighted by Crippen LogP contribution is 2.26. The number of nitrogens with zero attached hydrogens (tertiary/aromatic N) is 6. The van der Waals surface area contributed by atoms with Gasteiger partial charge in [0.25, 0.3) is 0 Å². The zero-order valence-corrected chi connectivity index (χ0v) is 16.1. The molecule has 0 aromatic carbocycles. The van der Waals surface area contributed by atoms with Crippen molar-refractivity contribution >= 4 is 23.2 Å². The van der Waals surface area contributed by atoms with Crippen molar-refractivity contribution in [2.24, 2.45) is 5.92 Å². The minimum atomic E-state index is -0.740. The largest absolute Gasteiger partial charge is 0.476 e. The summed E-state index contributed by atoms with van der Waals surface area (Å²) in [5.41, 5.74) is 0.726. The van der Waals surface area contributed by atoms with Crippen LogP contribution in [0, 0.1) is 24.2 Å². The van der Waals surface area contributed by atoms with Gasteiger partial charge in [-0.3, -0.25) is 4.68 Å². The summed E-state index contributed by atoms with van der Waals surface area (Å²) in [5, 5.41) is 17.1. The van der Waals surface area contributed by atoms with Crippen LogP contribution >= 0.6 is 11.6 Å². The number of halogens is 1. The maximum absolute atomic E-state index is 9.26. The van der Waals surface area contributed by atoms with Crippen molar-refractivity contribution in [2.75, 3.05) is 32.1 Å². The Bertz CT molecular complexity index is 836. The number of anilines is 2. The predicted molar refractivity (Wildman–Crippen MR) is 98.7 cm³/mol. The number of hydrogen-bond acceptors (Lipinski definition) is 7. The maximum Gasteiger partial charge on any atom is 0.237 e. The Morgan fingerprint density at radius 2 is 2.19 bits per heavy atom. The number of likely N-dealkylation sites (tertiary alicyclic amines) is 1. The molecule has 1 fully saturated rings. The van der Waals surface area contributed by atoms with E-state index >= 15 is 0 Å². The smallest absolute Gasteiger partial charge is 0.237 e. The maximum atomic E-state index is 9.26. The van der Waals surface area contributed by atoms with Crippen molar-refractivity contribution in [3.05, 3.63) is 23.1 Å². The van der Waals surface area contributed by atoms with Crippen molar-refractivity contribution in [3.63, 3.8) is 0 Å². The number of nitriles is 1. The summed E-state index contributed by atoms with van der Waals surface area (Å²) in [6, 6.07) is 2.22. The summed E-state index contributed by atoms with van der Waals surface area (Å²) < 4.78 is 7.38. The molecule has 8 nitrogen and oxygen atoms in total. The monoisotopic (exact) mass is 375 g/mol. The lowest BCUT2D eigenvalue weighted by molar-refractivity contribution is 0.0839. The molecule has 138 valence electrons. The number of nitrogens with one attached hydrogen (secondary N) is 1. The molecule has 3 rings (SSSR count). The average molecular weight is 376 g/mol. The molecular weight excluding hydrogens is 354 g/mol. The zero-order chi connectivity index (χ0) is 18.9. The molecule has 2 aromatic heterocycles. The molecule has 1 saturated heterocycles. The van der Waals surface area contributed by atoms with Gasteiger partial charge in [0.1, 0.15) is 10.6 Å². The third-order valence-corrected chi connectivity index (χ3v) is 4.56. The van der Waals surface area contributed by atoms with E-state index in [2.05, 4.69) is 38.4 Å². The van der Waals surface area contributed by atoms with E-state index in [0.29, 0.717) is 29.4 Å². The number of aryl methyl sites for hydroxylation is 1. The van der Waals surface area contributed by atoms with Crippen molar-refractivity contribution in [1.29, 1.82) is 5.26 Å². The SMILES string of the molecule is Cc1nn(C(C)(C)C#N)cc1Nc1ncc(Cl)c(OCC2CN(C)C2)n1. The van der Waals surface area contributed by atoms with E-state index in [1.54, 1.807) is 24.7 Å². The Kier molecular flexibility index (Phi) is 5.03. The van der Waals surface area contributed by atoms with Crippen LogP contribution in [0.15, 0.2) is 12.4 Å². The summed E-state index contributed by atoms with van der Waals surface area (Å²) in [6.45, 7) is 8.06. The number of aromatic nitrogens is 4. The first-order chi connectivity index (χ1) is 12.3. The van der Waals surface area contributed by atoms with E-state index in [4.69, 9.17) is 16.3 Å². The van der Waals surface area contributed by atoms with Gasteiger partial charge in [-0.1, -0.05) is 11.6 Å². The van der Waals surface area contributed by atoms with E-state index in [0.717, 1.165) is 24.5 Å². The highest BCUT2D eigenvalue weighted by Gasteiger charge is 2.24. The molecule has 26 heavy (non-hydrogen) atoms. The van der Waals surface area contributed by atoms with E-state index in [-0.39, 0.29) is 0 Å². The Labute approximate surface area is 157 Å². The standard InChI is InChI=1S/C17H22ClN7O/c1-11-14(8-25(23-11)17(2,3)10-19)21-16-20-5-13(18)15(22-16)26-9-12-6-24(4)7-12/h5,8,12H,6-7,9H2,1-4H3,(H,20,21,22). The van der Waals surface area contributed by atoms with Crippen LogP contribution in [0.4, 0.5) is 11.6 Å². The first-order valence-corrected chi connectivity index (χ1v) is 8.75. The van der Waals surface area contributed by atoms with Gasteiger partial charge in [0, 0.05) is 19.0 Å². The fraction of sp³-hybridized carbons (Fsp3) is 0.529. The average Bonchev–Trinajstić information content (AvgIpc) is 2.94. The first kappa shape index (κ1) is 18.4. The lowest BCUT2D eigenvalue weighted by atomic mass is 10.0. The molecule has 0 saturated carbocycles. The molecule has 0 amide bonds. The fourth-order valence-electron chi connectivity index (χ4n) is 2.68. The molecule has 0 aliphatic carbocycles. The lowest BCUT2D eigenvalue weighted by Crippen LogP contribution is -2.46. The molecule has 2 aromatic rings. The molecule has 0 bridgehead atoms. The van der Waals surface area contributed by atoms with Gasteiger partial charge in [0.05, 0.1) is 36.5 Å².